The van der Waals surface area contributed by atoms with Crippen molar-refractivity contribution < 1.29 is 18.7 Å². The maximum Gasteiger partial charge on any atom is 0.338 e. The number of halogens is 1. The number of benzene rings is 1. The first-order valence-corrected chi connectivity index (χ1v) is 5.66. The van der Waals surface area contributed by atoms with Crippen LogP contribution in [0.15, 0.2) is 30.3 Å². The molecule has 3 atom stereocenters. The lowest BCUT2D eigenvalue weighted by atomic mass is 10.1. The molecule has 1 aliphatic heterocycles. The summed E-state index contributed by atoms with van der Waals surface area (Å²) in [7, 11) is 0. The normalized spacial score (nSPS) is 28.0. The second-order valence-corrected chi connectivity index (χ2v) is 4.26. The van der Waals surface area contributed by atoms with Gasteiger partial charge in [-0.3, -0.25) is 0 Å². The molecule has 2 rings (SSSR count). The van der Waals surface area contributed by atoms with E-state index in [1.807, 2.05) is 6.07 Å². The summed E-state index contributed by atoms with van der Waals surface area (Å²) in [5, 5.41) is 0. The first-order chi connectivity index (χ1) is 8.18. The molecule has 0 aliphatic carbocycles. The van der Waals surface area contributed by atoms with Gasteiger partial charge in [0.2, 0.25) is 0 Å². The van der Waals surface area contributed by atoms with Crippen molar-refractivity contribution in [2.75, 3.05) is 13.2 Å². The second kappa shape index (κ2) is 5.27. The minimum Gasteiger partial charge on any atom is -0.459 e. The highest BCUT2D eigenvalue weighted by Gasteiger charge is 2.35. The lowest BCUT2D eigenvalue weighted by molar-refractivity contribution is 0.00158. The van der Waals surface area contributed by atoms with Gasteiger partial charge in [-0.2, -0.15) is 0 Å². The molecular weight excluding hydrogens is 223 g/mol. The van der Waals surface area contributed by atoms with Crippen molar-refractivity contribution >= 4 is 5.97 Å². The quantitative estimate of drug-likeness (QED) is 0.757. The molecule has 1 saturated heterocycles. The Morgan fingerprint density at radius 3 is 2.76 bits per heavy atom. The number of hydrogen-bond acceptors (Lipinski definition) is 3. The Kier molecular flexibility index (Phi) is 3.74. The van der Waals surface area contributed by atoms with Gasteiger partial charge in [0, 0.05) is 5.92 Å². The Bertz CT molecular complexity index is 380. The molecule has 1 aromatic rings. The number of esters is 1. The highest BCUT2D eigenvalue weighted by molar-refractivity contribution is 5.89. The van der Waals surface area contributed by atoms with Gasteiger partial charge in [-0.15, -0.1) is 0 Å². The number of carbonyl (C=O) groups excluding carboxylic acids is 1. The van der Waals surface area contributed by atoms with E-state index in [-0.39, 0.29) is 12.5 Å². The van der Waals surface area contributed by atoms with Crippen LogP contribution in [0.4, 0.5) is 4.39 Å². The van der Waals surface area contributed by atoms with E-state index >= 15 is 0 Å². The van der Waals surface area contributed by atoms with Crippen molar-refractivity contribution in [3.63, 3.8) is 0 Å². The summed E-state index contributed by atoms with van der Waals surface area (Å²) < 4.78 is 23.8. The van der Waals surface area contributed by atoms with Crippen LogP contribution in [0.25, 0.3) is 0 Å². The summed E-state index contributed by atoms with van der Waals surface area (Å²) in [5.41, 5.74) is 0.467. The van der Waals surface area contributed by atoms with E-state index in [9.17, 15) is 9.18 Å². The van der Waals surface area contributed by atoms with E-state index in [0.717, 1.165) is 0 Å². The van der Waals surface area contributed by atoms with E-state index in [0.29, 0.717) is 12.2 Å². The minimum absolute atomic E-state index is 0.0285. The van der Waals surface area contributed by atoms with E-state index in [1.165, 1.54) is 0 Å². The zero-order chi connectivity index (χ0) is 12.3. The van der Waals surface area contributed by atoms with E-state index in [2.05, 4.69) is 0 Å². The van der Waals surface area contributed by atoms with Gasteiger partial charge in [-0.05, 0) is 12.1 Å². The number of hydrogen-bond donors (Lipinski definition) is 0. The predicted molar refractivity (Wildman–Crippen MR) is 60.5 cm³/mol. The van der Waals surface area contributed by atoms with Crippen LogP contribution in [-0.2, 0) is 9.47 Å². The van der Waals surface area contributed by atoms with Crippen LogP contribution in [0, 0.1) is 5.92 Å². The maximum atomic E-state index is 13.5. The molecule has 1 aliphatic rings. The third kappa shape index (κ3) is 2.82. The minimum atomic E-state index is -1.06. The average Bonchev–Trinajstić information content (AvgIpc) is 2.68. The van der Waals surface area contributed by atoms with Gasteiger partial charge >= 0.3 is 5.97 Å². The summed E-state index contributed by atoms with van der Waals surface area (Å²) in [6, 6.07) is 8.64. The monoisotopic (exact) mass is 238 g/mol. The van der Waals surface area contributed by atoms with Crippen LogP contribution in [0.3, 0.4) is 0 Å². The van der Waals surface area contributed by atoms with Crippen molar-refractivity contribution in [3.8, 4) is 0 Å². The summed E-state index contributed by atoms with van der Waals surface area (Å²) in [6.45, 7) is 2.14. The maximum absolute atomic E-state index is 13.5. The molecule has 3 unspecified atom stereocenters. The molecule has 1 heterocycles. The Hall–Kier alpha value is -1.42. The van der Waals surface area contributed by atoms with Crippen molar-refractivity contribution in [3.05, 3.63) is 35.9 Å². The van der Waals surface area contributed by atoms with Crippen molar-refractivity contribution in [2.24, 2.45) is 5.92 Å². The van der Waals surface area contributed by atoms with Crippen LogP contribution in [0.1, 0.15) is 17.3 Å². The zero-order valence-corrected chi connectivity index (χ0v) is 9.64. The van der Waals surface area contributed by atoms with Gasteiger partial charge in [0.15, 0.2) is 0 Å². The molecule has 17 heavy (non-hydrogen) atoms. The Labute approximate surface area is 99.5 Å². The highest BCUT2D eigenvalue weighted by Crippen LogP contribution is 2.23. The fourth-order valence-corrected chi connectivity index (χ4v) is 1.78. The molecular formula is C13H15FO3. The molecule has 0 radical (unpaired) electrons. The SMILES string of the molecule is CC1COC(COC(=O)c2ccccc2)C1F. The zero-order valence-electron chi connectivity index (χ0n) is 9.64. The fourth-order valence-electron chi connectivity index (χ4n) is 1.78. The largest absolute Gasteiger partial charge is 0.459 e. The molecule has 0 amide bonds. The van der Waals surface area contributed by atoms with Gasteiger partial charge in [0.25, 0.3) is 0 Å². The Morgan fingerprint density at radius 2 is 2.18 bits per heavy atom. The van der Waals surface area contributed by atoms with Crippen LogP contribution in [0.2, 0.25) is 0 Å². The number of carbonyl (C=O) groups is 1. The van der Waals surface area contributed by atoms with E-state index < -0.39 is 18.2 Å². The highest BCUT2D eigenvalue weighted by atomic mass is 19.1. The smallest absolute Gasteiger partial charge is 0.338 e. The molecule has 1 aromatic carbocycles. The van der Waals surface area contributed by atoms with Crippen LogP contribution in [0.5, 0.6) is 0 Å². The molecule has 0 N–H and O–H groups in total. The Morgan fingerprint density at radius 1 is 1.47 bits per heavy atom. The average molecular weight is 238 g/mol. The topological polar surface area (TPSA) is 35.5 Å². The van der Waals surface area contributed by atoms with Crippen LogP contribution >= 0.6 is 0 Å². The molecule has 0 saturated carbocycles. The molecule has 0 bridgehead atoms. The first-order valence-electron chi connectivity index (χ1n) is 5.66. The van der Waals surface area contributed by atoms with Crippen molar-refractivity contribution in [2.45, 2.75) is 19.2 Å². The van der Waals surface area contributed by atoms with Gasteiger partial charge in [0.1, 0.15) is 18.9 Å². The van der Waals surface area contributed by atoms with Gasteiger partial charge in [-0.25, -0.2) is 9.18 Å². The molecule has 4 heteroatoms. The molecule has 92 valence electrons. The second-order valence-electron chi connectivity index (χ2n) is 4.26. The molecule has 1 fully saturated rings. The Balaban J connectivity index is 1.85. The lowest BCUT2D eigenvalue weighted by Crippen LogP contribution is -2.27. The van der Waals surface area contributed by atoms with Gasteiger partial charge in [-0.1, -0.05) is 25.1 Å². The number of alkyl halides is 1. The summed E-state index contributed by atoms with van der Waals surface area (Å²) in [6.07, 6.45) is -1.68. The lowest BCUT2D eigenvalue weighted by Gasteiger charge is -2.13. The predicted octanol–water partition coefficient (Wildman–Crippen LogP) is 2.22. The summed E-state index contributed by atoms with van der Waals surface area (Å²) >= 11 is 0. The van der Waals surface area contributed by atoms with Crippen LogP contribution < -0.4 is 0 Å². The van der Waals surface area contributed by atoms with Gasteiger partial charge in [0.05, 0.1) is 12.2 Å². The summed E-state index contributed by atoms with van der Waals surface area (Å²) in [4.78, 5) is 11.6. The third-order valence-electron chi connectivity index (χ3n) is 2.86. The van der Waals surface area contributed by atoms with E-state index in [4.69, 9.17) is 9.47 Å². The number of ether oxygens (including phenoxy) is 2. The summed E-state index contributed by atoms with van der Waals surface area (Å²) in [5.74, 6) is -0.573. The third-order valence-corrected chi connectivity index (χ3v) is 2.86. The molecule has 0 aromatic heterocycles. The fraction of sp³-hybridized carbons (Fsp3) is 0.462. The van der Waals surface area contributed by atoms with Crippen LogP contribution in [-0.4, -0.2) is 31.5 Å². The van der Waals surface area contributed by atoms with Gasteiger partial charge < -0.3 is 9.47 Å². The molecule has 0 spiro atoms. The van der Waals surface area contributed by atoms with Crippen molar-refractivity contribution in [1.29, 1.82) is 0 Å². The first kappa shape index (κ1) is 12.0. The molecule has 3 nitrogen and oxygen atoms in total. The standard InChI is InChI=1S/C13H15FO3/c1-9-7-16-11(12(9)14)8-17-13(15)10-5-3-2-4-6-10/h2-6,9,11-12H,7-8H2,1H3. The van der Waals surface area contributed by atoms with E-state index in [1.54, 1.807) is 31.2 Å². The van der Waals surface area contributed by atoms with Crippen molar-refractivity contribution in [1.82, 2.24) is 0 Å². The number of rotatable bonds is 3.